The van der Waals surface area contributed by atoms with Crippen molar-refractivity contribution >= 4 is 36.8 Å². The molecule has 2 rings (SSSR count). The van der Waals surface area contributed by atoms with Gasteiger partial charge in [0.2, 0.25) is 0 Å². The maximum atomic E-state index is 3.07. The first kappa shape index (κ1) is 36.5. The minimum atomic E-state index is -2.20. The molecule has 1 heterocycles. The van der Waals surface area contributed by atoms with Crippen molar-refractivity contribution in [3.05, 3.63) is 11.1 Å². The van der Waals surface area contributed by atoms with E-state index in [-0.39, 0.29) is 0 Å². The SMILES string of the molecule is CCC[CH2][Sn]([CH2]CCC)([CH2]CCC)[CH2]C1=C([CH2][Sn]([CH2]CCC)([CH2]CCC)[CH2]CCC)CN(C2CCCCC2)C1. The minimum absolute atomic E-state index is 0.907. The van der Waals surface area contributed by atoms with Crippen molar-refractivity contribution in [3.8, 4) is 0 Å². The number of nitrogens with zero attached hydrogens (tertiary/aromatic N) is 1. The molecule has 2 aliphatic rings. The number of hydrogen-bond donors (Lipinski definition) is 0. The van der Waals surface area contributed by atoms with Gasteiger partial charge in [0.05, 0.1) is 0 Å². The molecule has 0 amide bonds. The van der Waals surface area contributed by atoms with Crippen LogP contribution in [0.5, 0.6) is 0 Å². The molecule has 0 aromatic heterocycles. The number of hydrogen-bond acceptors (Lipinski definition) is 1. The normalized spacial score (nSPS) is 18.0. The molecule has 1 saturated carbocycles. The van der Waals surface area contributed by atoms with Gasteiger partial charge in [0.1, 0.15) is 0 Å². The molecule has 1 fully saturated rings. The Kier molecular flexibility index (Phi) is 19.7. The van der Waals surface area contributed by atoms with Crippen LogP contribution in [0.4, 0.5) is 0 Å². The summed E-state index contributed by atoms with van der Waals surface area (Å²) < 4.78 is 13.5. The summed E-state index contributed by atoms with van der Waals surface area (Å²) in [5, 5.41) is 0. The van der Waals surface area contributed by atoms with Crippen LogP contribution >= 0.6 is 0 Å². The Morgan fingerprint density at radius 3 is 1.08 bits per heavy atom. The topological polar surface area (TPSA) is 3.24 Å². The first-order chi connectivity index (χ1) is 19.0. The van der Waals surface area contributed by atoms with E-state index in [1.165, 1.54) is 122 Å². The van der Waals surface area contributed by atoms with E-state index >= 15 is 0 Å². The third kappa shape index (κ3) is 12.8. The van der Waals surface area contributed by atoms with Gasteiger partial charge in [-0.2, -0.15) is 0 Å². The zero-order valence-corrected chi connectivity index (χ0v) is 33.8. The van der Waals surface area contributed by atoms with E-state index in [0.717, 1.165) is 6.04 Å². The summed E-state index contributed by atoms with van der Waals surface area (Å²) in [5.41, 5.74) is 4.18. The van der Waals surface area contributed by atoms with E-state index in [9.17, 15) is 0 Å². The Morgan fingerprint density at radius 1 is 0.487 bits per heavy atom. The molecular formula is C36H73NSn2. The van der Waals surface area contributed by atoms with Gasteiger partial charge in [0.15, 0.2) is 0 Å². The molecule has 0 bridgehead atoms. The van der Waals surface area contributed by atoms with Crippen LogP contribution in [0.1, 0.15) is 151 Å². The van der Waals surface area contributed by atoms with Crippen LogP contribution in [0.15, 0.2) is 11.1 Å². The maximum absolute atomic E-state index is 3.07. The fraction of sp³-hybridized carbons (Fsp3) is 0.944. The van der Waals surface area contributed by atoms with Crippen LogP contribution in [0, 0.1) is 0 Å². The molecule has 0 aromatic carbocycles. The molecule has 39 heavy (non-hydrogen) atoms. The summed E-state index contributed by atoms with van der Waals surface area (Å²) in [7, 11) is 0. The molecule has 230 valence electrons. The second-order valence-corrected chi connectivity index (χ2v) is 42.1. The van der Waals surface area contributed by atoms with Crippen molar-refractivity contribution in [2.75, 3.05) is 13.1 Å². The Labute approximate surface area is 256 Å². The van der Waals surface area contributed by atoms with Crippen molar-refractivity contribution in [1.82, 2.24) is 4.90 Å². The van der Waals surface area contributed by atoms with Crippen LogP contribution in [-0.2, 0) is 0 Å². The van der Waals surface area contributed by atoms with Crippen LogP contribution in [0.2, 0.25) is 35.5 Å². The molecule has 3 heteroatoms. The number of rotatable bonds is 23. The molecule has 0 unspecified atom stereocenters. The second-order valence-electron chi connectivity index (χ2n) is 14.4. The monoisotopic (exact) mass is 759 g/mol. The van der Waals surface area contributed by atoms with Gasteiger partial charge in [-0.25, -0.2) is 0 Å². The fourth-order valence-electron chi connectivity index (χ4n) is 8.33. The fourth-order valence-corrected chi connectivity index (χ4v) is 41.8. The first-order valence-electron chi connectivity index (χ1n) is 18.4. The summed E-state index contributed by atoms with van der Waals surface area (Å²) in [6.45, 7) is 17.6. The summed E-state index contributed by atoms with van der Waals surface area (Å²) in [4.78, 5) is 3.07. The number of unbranched alkanes of at least 4 members (excludes halogenated alkanes) is 6. The quantitative estimate of drug-likeness (QED) is 0.0741. The van der Waals surface area contributed by atoms with E-state index < -0.39 is 36.8 Å². The van der Waals surface area contributed by atoms with E-state index in [1.807, 2.05) is 0 Å². The zero-order valence-electron chi connectivity index (χ0n) is 28.1. The van der Waals surface area contributed by atoms with Gasteiger partial charge >= 0.3 is 258 Å². The van der Waals surface area contributed by atoms with Crippen molar-refractivity contribution in [1.29, 1.82) is 0 Å². The Hall–Kier alpha value is 1.30. The van der Waals surface area contributed by atoms with E-state index in [0.29, 0.717) is 0 Å². The molecule has 0 atom stereocenters. The van der Waals surface area contributed by atoms with Gasteiger partial charge < -0.3 is 0 Å². The average Bonchev–Trinajstić information content (AvgIpc) is 3.36. The van der Waals surface area contributed by atoms with Crippen molar-refractivity contribution < 1.29 is 0 Å². The first-order valence-corrected chi connectivity index (χ1v) is 34.6. The van der Waals surface area contributed by atoms with Crippen molar-refractivity contribution in [2.45, 2.75) is 192 Å². The summed E-state index contributed by atoms with van der Waals surface area (Å²) in [6.07, 6.45) is 25.2. The van der Waals surface area contributed by atoms with Gasteiger partial charge in [0, 0.05) is 0 Å². The van der Waals surface area contributed by atoms with Gasteiger partial charge in [-0.15, -0.1) is 0 Å². The predicted molar refractivity (Wildman–Crippen MR) is 185 cm³/mol. The van der Waals surface area contributed by atoms with Crippen LogP contribution < -0.4 is 0 Å². The van der Waals surface area contributed by atoms with E-state index in [1.54, 1.807) is 35.5 Å². The Balaban J connectivity index is 2.45. The van der Waals surface area contributed by atoms with E-state index in [4.69, 9.17) is 0 Å². The standard InChI is InChI=1S/C12H19N.6C4H9.2Sn/c1-10-8-13(9-11(10)2)12-6-4-3-5-7-12;6*1-3-4-2;;/h12H,1-9H2;6*1,3-4H2,2H3;;. The Bertz CT molecular complexity index is 561. The molecule has 1 nitrogen and oxygen atoms in total. The summed E-state index contributed by atoms with van der Waals surface area (Å²) in [5.74, 6) is 0. The molecule has 1 aliphatic heterocycles. The molecule has 0 aromatic rings. The zero-order chi connectivity index (χ0) is 28.4. The molecule has 0 radical (unpaired) electrons. The molecule has 1 aliphatic carbocycles. The van der Waals surface area contributed by atoms with E-state index in [2.05, 4.69) is 57.6 Å². The Morgan fingerprint density at radius 2 is 0.795 bits per heavy atom. The summed E-state index contributed by atoms with van der Waals surface area (Å²) in [6, 6.07) is 0.907. The molecular weight excluding hydrogens is 684 g/mol. The van der Waals surface area contributed by atoms with Crippen LogP contribution in [0.25, 0.3) is 0 Å². The predicted octanol–water partition coefficient (Wildman–Crippen LogP) is 12.6. The molecule has 0 spiro atoms. The third-order valence-electron chi connectivity index (χ3n) is 10.9. The average molecular weight is 757 g/mol. The van der Waals surface area contributed by atoms with Crippen LogP contribution in [-0.4, -0.2) is 60.8 Å². The molecule has 0 N–H and O–H groups in total. The van der Waals surface area contributed by atoms with Gasteiger partial charge in [-0.05, 0) is 0 Å². The summed E-state index contributed by atoms with van der Waals surface area (Å²) >= 11 is -4.40. The van der Waals surface area contributed by atoms with Crippen LogP contribution in [0.3, 0.4) is 0 Å². The second kappa shape index (κ2) is 21.1. The van der Waals surface area contributed by atoms with Gasteiger partial charge in [0.25, 0.3) is 0 Å². The third-order valence-corrected chi connectivity index (χ3v) is 41.9. The van der Waals surface area contributed by atoms with Crippen molar-refractivity contribution in [2.24, 2.45) is 0 Å². The van der Waals surface area contributed by atoms with Crippen molar-refractivity contribution in [3.63, 3.8) is 0 Å². The molecule has 0 saturated heterocycles. The van der Waals surface area contributed by atoms with Gasteiger partial charge in [-0.1, -0.05) is 0 Å². The van der Waals surface area contributed by atoms with Gasteiger partial charge in [-0.3, -0.25) is 0 Å².